The maximum absolute atomic E-state index is 2.27. The fraction of sp³-hybridized carbons (Fsp3) is 1.00. The monoisotopic (exact) mass is 158 g/mol. The van der Waals surface area contributed by atoms with E-state index < -0.39 is 0 Å². The van der Waals surface area contributed by atoms with Crippen LogP contribution in [-0.4, -0.2) is 11.0 Å². The summed E-state index contributed by atoms with van der Waals surface area (Å²) in [7, 11) is 0. The molecule has 0 nitrogen and oxygen atoms in total. The van der Waals surface area contributed by atoms with Crippen molar-refractivity contribution in [2.75, 3.05) is 5.75 Å². The van der Waals surface area contributed by atoms with Crippen molar-refractivity contribution >= 4 is 11.8 Å². The van der Waals surface area contributed by atoms with E-state index in [2.05, 4.69) is 18.7 Å². The molecule has 0 aromatic heterocycles. The zero-order valence-corrected chi connectivity index (χ0v) is 7.75. The minimum atomic E-state index is 1.05. The van der Waals surface area contributed by atoms with Crippen molar-refractivity contribution in [1.82, 2.24) is 0 Å². The van der Waals surface area contributed by atoms with Gasteiger partial charge in [-0.25, -0.2) is 0 Å². The van der Waals surface area contributed by atoms with Crippen molar-refractivity contribution in [1.29, 1.82) is 0 Å². The second-order valence-electron chi connectivity index (χ2n) is 3.13. The lowest BCUT2D eigenvalue weighted by atomic mass is 10.0. The van der Waals surface area contributed by atoms with E-state index in [-0.39, 0.29) is 0 Å². The Morgan fingerprint density at radius 2 is 2.10 bits per heavy atom. The predicted octanol–water partition coefficient (Wildman–Crippen LogP) is 3.46. The lowest BCUT2D eigenvalue weighted by Crippen LogP contribution is -2.13. The van der Waals surface area contributed by atoms with Gasteiger partial charge < -0.3 is 0 Å². The largest absolute Gasteiger partial charge is 0.159 e. The third-order valence-corrected chi connectivity index (χ3v) is 3.62. The average Bonchev–Trinajstić information content (AvgIpc) is 1.84. The van der Waals surface area contributed by atoms with Gasteiger partial charge in [-0.15, -0.1) is 0 Å². The van der Waals surface area contributed by atoms with Crippen LogP contribution >= 0.6 is 11.8 Å². The van der Waals surface area contributed by atoms with Gasteiger partial charge in [0.15, 0.2) is 0 Å². The number of rotatable bonds is 5. The van der Waals surface area contributed by atoms with Crippen molar-refractivity contribution in [2.45, 2.75) is 50.7 Å². The van der Waals surface area contributed by atoms with E-state index in [0.717, 1.165) is 5.25 Å². The lowest BCUT2D eigenvalue weighted by molar-refractivity contribution is 0.521. The Hall–Kier alpha value is 0.350. The molecule has 0 aromatic rings. The first-order valence-electron chi connectivity index (χ1n) is 4.55. The summed E-state index contributed by atoms with van der Waals surface area (Å²) < 4.78 is 0. The minimum absolute atomic E-state index is 1.05. The van der Waals surface area contributed by atoms with Gasteiger partial charge in [0.2, 0.25) is 0 Å². The normalized spacial score (nSPS) is 18.9. The summed E-state index contributed by atoms with van der Waals surface area (Å²) in [6.07, 6.45) is 8.72. The fourth-order valence-electron chi connectivity index (χ4n) is 1.14. The quantitative estimate of drug-likeness (QED) is 0.552. The molecule has 0 unspecified atom stereocenters. The topological polar surface area (TPSA) is 0 Å². The van der Waals surface area contributed by atoms with E-state index in [9.17, 15) is 0 Å². The number of thioether (sulfide) groups is 1. The molecule has 0 bridgehead atoms. The molecule has 10 heavy (non-hydrogen) atoms. The van der Waals surface area contributed by atoms with E-state index in [1.54, 1.807) is 0 Å². The molecule has 0 aliphatic heterocycles. The van der Waals surface area contributed by atoms with Crippen LogP contribution in [0.3, 0.4) is 0 Å². The average molecular weight is 158 g/mol. The number of unbranched alkanes of at least 4 members (excludes halogenated alkanes) is 2. The number of hydrogen-bond donors (Lipinski definition) is 0. The molecule has 0 heterocycles. The van der Waals surface area contributed by atoms with Crippen LogP contribution in [0.25, 0.3) is 0 Å². The van der Waals surface area contributed by atoms with Gasteiger partial charge in [0.05, 0.1) is 0 Å². The summed E-state index contributed by atoms with van der Waals surface area (Å²) in [5.74, 6) is 1.42. The van der Waals surface area contributed by atoms with Crippen molar-refractivity contribution in [3.8, 4) is 0 Å². The first-order chi connectivity index (χ1) is 4.93. The van der Waals surface area contributed by atoms with E-state index in [1.807, 2.05) is 0 Å². The van der Waals surface area contributed by atoms with Crippen molar-refractivity contribution in [3.05, 3.63) is 0 Å². The zero-order chi connectivity index (χ0) is 7.23. The summed E-state index contributed by atoms with van der Waals surface area (Å²) in [5.41, 5.74) is 0. The van der Waals surface area contributed by atoms with E-state index >= 15 is 0 Å². The summed E-state index contributed by atoms with van der Waals surface area (Å²) in [4.78, 5) is 0. The summed E-state index contributed by atoms with van der Waals surface area (Å²) in [6.45, 7) is 2.27. The molecule has 60 valence electrons. The molecule has 0 atom stereocenters. The van der Waals surface area contributed by atoms with Gasteiger partial charge in [-0.3, -0.25) is 0 Å². The Morgan fingerprint density at radius 3 is 2.60 bits per heavy atom. The van der Waals surface area contributed by atoms with Crippen LogP contribution in [0.4, 0.5) is 0 Å². The summed E-state index contributed by atoms with van der Waals surface area (Å²) in [6, 6.07) is 0. The van der Waals surface area contributed by atoms with E-state index in [0.29, 0.717) is 0 Å². The Labute approximate surface area is 68.8 Å². The molecular weight excluding hydrogens is 140 g/mol. The molecule has 0 spiro atoms. The molecule has 1 fully saturated rings. The Kier molecular flexibility index (Phi) is 4.27. The SMILES string of the molecule is CCCCCSC1CCC1. The van der Waals surface area contributed by atoms with Crippen molar-refractivity contribution in [2.24, 2.45) is 0 Å². The molecular formula is C9H18S. The molecule has 0 aromatic carbocycles. The minimum Gasteiger partial charge on any atom is -0.159 e. The smallest absolute Gasteiger partial charge is 0.00470 e. The van der Waals surface area contributed by atoms with Gasteiger partial charge in [-0.05, 0) is 25.0 Å². The molecule has 1 heteroatoms. The van der Waals surface area contributed by atoms with Crippen LogP contribution in [0.2, 0.25) is 0 Å². The fourth-order valence-corrected chi connectivity index (χ4v) is 2.51. The van der Waals surface area contributed by atoms with Gasteiger partial charge in [0, 0.05) is 5.25 Å². The Balaban J connectivity index is 1.76. The highest BCUT2D eigenvalue weighted by molar-refractivity contribution is 7.99. The maximum Gasteiger partial charge on any atom is 0.00470 e. The summed E-state index contributed by atoms with van der Waals surface area (Å²) in [5, 5.41) is 1.05. The second-order valence-corrected chi connectivity index (χ2v) is 4.54. The highest BCUT2D eigenvalue weighted by Crippen LogP contribution is 2.31. The van der Waals surface area contributed by atoms with Crippen LogP contribution in [0.1, 0.15) is 45.4 Å². The Bertz CT molecular complexity index is 76.8. The molecule has 1 rings (SSSR count). The van der Waals surface area contributed by atoms with Gasteiger partial charge in [-0.1, -0.05) is 26.2 Å². The standard InChI is InChI=1S/C9H18S/c1-2-3-4-8-10-9-6-5-7-9/h9H,2-8H2,1H3. The van der Waals surface area contributed by atoms with Gasteiger partial charge in [0.1, 0.15) is 0 Å². The highest BCUT2D eigenvalue weighted by atomic mass is 32.2. The molecule has 0 amide bonds. The van der Waals surface area contributed by atoms with Gasteiger partial charge in [-0.2, -0.15) is 11.8 Å². The molecule has 0 N–H and O–H groups in total. The first-order valence-corrected chi connectivity index (χ1v) is 5.60. The van der Waals surface area contributed by atoms with Crippen LogP contribution in [0.5, 0.6) is 0 Å². The molecule has 1 aliphatic rings. The van der Waals surface area contributed by atoms with Gasteiger partial charge in [0.25, 0.3) is 0 Å². The predicted molar refractivity (Wildman–Crippen MR) is 49.6 cm³/mol. The van der Waals surface area contributed by atoms with Crippen molar-refractivity contribution < 1.29 is 0 Å². The zero-order valence-electron chi connectivity index (χ0n) is 6.94. The molecule has 1 saturated carbocycles. The third kappa shape index (κ3) is 2.96. The highest BCUT2D eigenvalue weighted by Gasteiger charge is 2.16. The molecule has 1 aliphatic carbocycles. The third-order valence-electron chi connectivity index (χ3n) is 2.15. The molecule has 0 radical (unpaired) electrons. The summed E-state index contributed by atoms with van der Waals surface area (Å²) >= 11 is 2.20. The lowest BCUT2D eigenvalue weighted by Gasteiger charge is -2.24. The van der Waals surface area contributed by atoms with Crippen LogP contribution < -0.4 is 0 Å². The van der Waals surface area contributed by atoms with Crippen LogP contribution in [-0.2, 0) is 0 Å². The van der Waals surface area contributed by atoms with E-state index in [4.69, 9.17) is 0 Å². The van der Waals surface area contributed by atoms with Crippen LogP contribution in [0.15, 0.2) is 0 Å². The van der Waals surface area contributed by atoms with Crippen LogP contribution in [0, 0.1) is 0 Å². The Morgan fingerprint density at radius 1 is 1.30 bits per heavy atom. The molecule has 0 saturated heterocycles. The second kappa shape index (κ2) is 5.06. The van der Waals surface area contributed by atoms with E-state index in [1.165, 1.54) is 44.3 Å². The van der Waals surface area contributed by atoms with Gasteiger partial charge >= 0.3 is 0 Å². The maximum atomic E-state index is 2.27. The first kappa shape index (κ1) is 8.45. The van der Waals surface area contributed by atoms with Crippen molar-refractivity contribution in [3.63, 3.8) is 0 Å². The number of hydrogen-bond acceptors (Lipinski definition) is 1.